The van der Waals surface area contributed by atoms with Gasteiger partial charge in [0.1, 0.15) is 11.2 Å². The highest BCUT2D eigenvalue weighted by Crippen LogP contribution is 2.23. The fourth-order valence-electron chi connectivity index (χ4n) is 1.49. The number of nitrogens with one attached hydrogen (secondary N) is 2. The highest BCUT2D eigenvalue weighted by atomic mass is 33.1. The maximum Gasteiger partial charge on any atom is 0.407 e. The first-order valence-corrected chi connectivity index (χ1v) is 10.8. The van der Waals surface area contributed by atoms with Crippen molar-refractivity contribution < 1.29 is 29.3 Å². The van der Waals surface area contributed by atoms with Crippen molar-refractivity contribution in [2.45, 2.75) is 64.8 Å². The van der Waals surface area contributed by atoms with E-state index in [0.717, 1.165) is 0 Å². The first kappa shape index (κ1) is 25.2. The first-order chi connectivity index (χ1) is 11.9. The second-order valence-electron chi connectivity index (χ2n) is 7.62. The van der Waals surface area contributed by atoms with Crippen molar-refractivity contribution in [2.24, 2.45) is 0 Å². The highest BCUT2D eigenvalue weighted by Gasteiger charge is 2.21. The van der Waals surface area contributed by atoms with Gasteiger partial charge < -0.3 is 30.3 Å². The van der Waals surface area contributed by atoms with Crippen LogP contribution in [0.25, 0.3) is 0 Å². The minimum atomic E-state index is -0.604. The molecule has 154 valence electrons. The van der Waals surface area contributed by atoms with E-state index in [-0.39, 0.29) is 13.2 Å². The number of hydrogen-bond acceptors (Lipinski definition) is 8. The van der Waals surface area contributed by atoms with Gasteiger partial charge in [-0.2, -0.15) is 0 Å². The Morgan fingerprint density at radius 1 is 0.808 bits per heavy atom. The Balaban J connectivity index is 4.15. The Morgan fingerprint density at radius 3 is 1.35 bits per heavy atom. The Kier molecular flexibility index (Phi) is 11.4. The van der Waals surface area contributed by atoms with E-state index >= 15 is 0 Å². The third-order valence-electron chi connectivity index (χ3n) is 2.50. The van der Waals surface area contributed by atoms with Gasteiger partial charge in [-0.3, -0.25) is 0 Å². The average Bonchev–Trinajstić information content (AvgIpc) is 2.45. The van der Waals surface area contributed by atoms with E-state index < -0.39 is 35.5 Å². The number of alkyl carbamates (subject to hydrolysis) is 2. The summed E-state index contributed by atoms with van der Waals surface area (Å²) in [6.45, 7) is 10.1. The van der Waals surface area contributed by atoms with Gasteiger partial charge in [0.15, 0.2) is 0 Å². The third kappa shape index (κ3) is 14.3. The highest BCUT2D eigenvalue weighted by molar-refractivity contribution is 8.76. The molecule has 0 aliphatic rings. The lowest BCUT2D eigenvalue weighted by atomic mass is 10.2. The summed E-state index contributed by atoms with van der Waals surface area (Å²) < 4.78 is 10.3. The van der Waals surface area contributed by atoms with Crippen LogP contribution in [-0.2, 0) is 9.47 Å². The van der Waals surface area contributed by atoms with Crippen LogP contribution in [0.2, 0.25) is 0 Å². The zero-order valence-corrected chi connectivity index (χ0v) is 18.0. The Bertz CT molecular complexity index is 397. The lowest BCUT2D eigenvalue weighted by Gasteiger charge is -2.23. The van der Waals surface area contributed by atoms with Gasteiger partial charge in [-0.1, -0.05) is 21.6 Å². The summed E-state index contributed by atoms with van der Waals surface area (Å²) in [5.74, 6) is 0.899. The number of rotatable bonds is 9. The van der Waals surface area contributed by atoms with Gasteiger partial charge in [0.05, 0.1) is 25.3 Å². The van der Waals surface area contributed by atoms with E-state index in [1.54, 1.807) is 41.5 Å². The molecule has 0 unspecified atom stereocenters. The number of carbonyl (C=O) groups is 2. The molecule has 0 heterocycles. The van der Waals surface area contributed by atoms with Crippen LogP contribution in [0.1, 0.15) is 41.5 Å². The van der Waals surface area contributed by atoms with Crippen LogP contribution in [0.4, 0.5) is 9.59 Å². The van der Waals surface area contributed by atoms with E-state index in [2.05, 4.69) is 10.6 Å². The van der Waals surface area contributed by atoms with Crippen molar-refractivity contribution in [1.82, 2.24) is 10.6 Å². The third-order valence-corrected chi connectivity index (χ3v) is 5.06. The molecular formula is C16H32N2O6S2. The van der Waals surface area contributed by atoms with Gasteiger partial charge in [0, 0.05) is 11.5 Å². The van der Waals surface area contributed by atoms with Gasteiger partial charge in [0.25, 0.3) is 0 Å². The normalized spacial score (nSPS) is 14.3. The van der Waals surface area contributed by atoms with E-state index in [4.69, 9.17) is 9.47 Å². The maximum atomic E-state index is 11.7. The molecule has 0 aromatic heterocycles. The molecular weight excluding hydrogens is 380 g/mol. The minimum absolute atomic E-state index is 0.216. The second-order valence-corrected chi connectivity index (χ2v) is 10.2. The molecule has 8 nitrogen and oxygen atoms in total. The molecule has 0 saturated heterocycles. The standard InChI is InChI=1S/C16H32N2O6S2/c1-15(2,3)23-13(21)17-11(7-19)9-25-26-10-12(8-20)18-14(22)24-16(4,5)6/h11-12,19-20H,7-10H2,1-6H3,(H,17,21)(H,18,22)/t11-,12-/m0/s1. The molecule has 0 aliphatic heterocycles. The molecule has 0 rings (SSSR count). The minimum Gasteiger partial charge on any atom is -0.444 e. The Morgan fingerprint density at radius 2 is 1.12 bits per heavy atom. The van der Waals surface area contributed by atoms with Crippen molar-refractivity contribution >= 4 is 33.8 Å². The zero-order valence-electron chi connectivity index (χ0n) is 16.3. The first-order valence-electron chi connectivity index (χ1n) is 8.31. The molecule has 0 aliphatic carbocycles. The van der Waals surface area contributed by atoms with E-state index in [1.807, 2.05) is 0 Å². The molecule has 2 amide bonds. The molecule has 0 bridgehead atoms. The quantitative estimate of drug-likeness (QED) is 0.336. The SMILES string of the molecule is CC(C)(C)OC(=O)N[C@@H](CO)CSSC[C@H](CO)NC(=O)OC(C)(C)C. The lowest BCUT2D eigenvalue weighted by Crippen LogP contribution is -2.43. The monoisotopic (exact) mass is 412 g/mol. The summed E-state index contributed by atoms with van der Waals surface area (Å²) >= 11 is 0. The molecule has 2 atom stereocenters. The lowest BCUT2D eigenvalue weighted by molar-refractivity contribution is 0.0480. The molecule has 26 heavy (non-hydrogen) atoms. The summed E-state index contributed by atoms with van der Waals surface area (Å²) in [6, 6.07) is -0.900. The maximum absolute atomic E-state index is 11.7. The number of amides is 2. The van der Waals surface area contributed by atoms with Gasteiger partial charge in [-0.25, -0.2) is 9.59 Å². The molecule has 0 aromatic rings. The number of aliphatic hydroxyl groups is 2. The fourth-order valence-corrected chi connectivity index (χ4v) is 3.95. The van der Waals surface area contributed by atoms with Crippen molar-refractivity contribution in [3.8, 4) is 0 Å². The molecule has 0 fully saturated rings. The number of aliphatic hydroxyl groups excluding tert-OH is 2. The van der Waals surface area contributed by atoms with Crippen molar-refractivity contribution in [3.63, 3.8) is 0 Å². The summed E-state index contributed by atoms with van der Waals surface area (Å²) in [7, 11) is 2.83. The summed E-state index contributed by atoms with van der Waals surface area (Å²) in [4.78, 5) is 23.4. The van der Waals surface area contributed by atoms with Crippen LogP contribution in [0.3, 0.4) is 0 Å². The molecule has 0 spiro atoms. The van der Waals surface area contributed by atoms with Crippen LogP contribution in [0.5, 0.6) is 0 Å². The summed E-state index contributed by atoms with van der Waals surface area (Å²) in [5.41, 5.74) is -1.21. The summed E-state index contributed by atoms with van der Waals surface area (Å²) in [5, 5.41) is 23.9. The number of hydrogen-bond donors (Lipinski definition) is 4. The van der Waals surface area contributed by atoms with Crippen LogP contribution >= 0.6 is 21.6 Å². The fraction of sp³-hybridized carbons (Fsp3) is 0.875. The average molecular weight is 413 g/mol. The zero-order chi connectivity index (χ0) is 20.4. The van der Waals surface area contributed by atoms with E-state index in [0.29, 0.717) is 11.5 Å². The van der Waals surface area contributed by atoms with Crippen LogP contribution in [0.15, 0.2) is 0 Å². The van der Waals surface area contributed by atoms with Crippen molar-refractivity contribution in [3.05, 3.63) is 0 Å². The Hall–Kier alpha value is -0.840. The van der Waals surface area contributed by atoms with Gasteiger partial charge in [-0.05, 0) is 41.5 Å². The van der Waals surface area contributed by atoms with Gasteiger partial charge in [-0.15, -0.1) is 0 Å². The van der Waals surface area contributed by atoms with E-state index in [1.165, 1.54) is 21.6 Å². The van der Waals surface area contributed by atoms with Crippen molar-refractivity contribution in [2.75, 3.05) is 24.7 Å². The van der Waals surface area contributed by atoms with Crippen LogP contribution < -0.4 is 10.6 Å². The molecule has 10 heteroatoms. The van der Waals surface area contributed by atoms with Crippen molar-refractivity contribution in [1.29, 1.82) is 0 Å². The molecule has 4 N–H and O–H groups in total. The van der Waals surface area contributed by atoms with Crippen LogP contribution in [-0.4, -0.2) is 70.4 Å². The molecule has 0 saturated carbocycles. The predicted molar refractivity (Wildman–Crippen MR) is 105 cm³/mol. The molecule has 0 radical (unpaired) electrons. The molecule has 0 aromatic carbocycles. The number of ether oxygens (including phenoxy) is 2. The van der Waals surface area contributed by atoms with Gasteiger partial charge >= 0.3 is 12.2 Å². The predicted octanol–water partition coefficient (Wildman–Crippen LogP) is 2.14. The summed E-state index contributed by atoms with van der Waals surface area (Å²) in [6.07, 6.45) is -1.16. The second kappa shape index (κ2) is 11.8. The topological polar surface area (TPSA) is 117 Å². The largest absolute Gasteiger partial charge is 0.444 e. The smallest absolute Gasteiger partial charge is 0.407 e. The van der Waals surface area contributed by atoms with Crippen LogP contribution in [0, 0.1) is 0 Å². The Labute approximate surface area is 163 Å². The van der Waals surface area contributed by atoms with Gasteiger partial charge in [0.2, 0.25) is 0 Å². The van der Waals surface area contributed by atoms with E-state index in [9.17, 15) is 19.8 Å². The number of carbonyl (C=O) groups excluding carboxylic acids is 2.